The lowest BCUT2D eigenvalue weighted by Crippen LogP contribution is -2.27. The molecule has 1 aromatic rings. The molecule has 1 amide bonds. The van der Waals surface area contributed by atoms with Crippen molar-refractivity contribution in [1.29, 1.82) is 0 Å². The van der Waals surface area contributed by atoms with Crippen molar-refractivity contribution in [1.82, 2.24) is 0 Å². The first kappa shape index (κ1) is 14.8. The van der Waals surface area contributed by atoms with Gasteiger partial charge in [-0.1, -0.05) is 12.1 Å². The second-order valence-electron chi connectivity index (χ2n) is 4.94. The second-order valence-corrected chi connectivity index (χ2v) is 6.56. The first-order chi connectivity index (χ1) is 9.29. The minimum Gasteiger partial charge on any atom is -0.489 e. The monoisotopic (exact) mass is 301 g/mol. The van der Waals surface area contributed by atoms with Crippen molar-refractivity contribution in [2.45, 2.75) is 31.6 Å². The first-order valence-corrected chi connectivity index (χ1v) is 7.73. The predicted octanol–water partition coefficient (Wildman–Crippen LogP) is 1.88. The van der Waals surface area contributed by atoms with E-state index in [1.54, 1.807) is 24.3 Å². The second kappa shape index (κ2) is 5.40. The Balaban J connectivity index is 2.31. The van der Waals surface area contributed by atoms with Crippen molar-refractivity contribution >= 4 is 21.8 Å². The fourth-order valence-corrected chi connectivity index (χ4v) is 2.80. The molecule has 0 saturated carbocycles. The number of hydrogen-bond donors (Lipinski definition) is 0. The number of ether oxygens (including phenoxy) is 1. The molecule has 1 aromatic carbocycles. The average Bonchev–Trinajstić information content (AvgIpc) is 2.71. The zero-order valence-corrected chi connectivity index (χ0v) is 12.1. The molecule has 20 heavy (non-hydrogen) atoms. The molecule has 1 atom stereocenters. The van der Waals surface area contributed by atoms with E-state index in [-0.39, 0.29) is 19.1 Å². The normalized spacial score (nSPS) is 19.7. The van der Waals surface area contributed by atoms with Gasteiger partial charge in [0, 0.05) is 13.0 Å². The van der Waals surface area contributed by atoms with Gasteiger partial charge in [-0.25, -0.2) is 0 Å². The van der Waals surface area contributed by atoms with Crippen molar-refractivity contribution in [3.8, 4) is 5.75 Å². The van der Waals surface area contributed by atoms with E-state index < -0.39 is 21.4 Å². The maximum Gasteiger partial charge on any atom is 0.307 e. The zero-order chi connectivity index (χ0) is 14.9. The number of carbonyl (C=O) groups is 1. The van der Waals surface area contributed by atoms with Gasteiger partial charge in [0.2, 0.25) is 5.91 Å². The summed E-state index contributed by atoms with van der Waals surface area (Å²) < 4.78 is 40.5. The van der Waals surface area contributed by atoms with Crippen LogP contribution in [0.4, 0.5) is 9.57 Å². The highest BCUT2D eigenvalue weighted by Crippen LogP contribution is 2.33. The Bertz CT molecular complexity index is 615. The maximum absolute atomic E-state index is 13.0. The molecule has 1 heterocycles. The van der Waals surface area contributed by atoms with E-state index in [1.807, 2.05) is 13.8 Å². The van der Waals surface area contributed by atoms with Crippen LogP contribution < -0.4 is 9.64 Å². The van der Waals surface area contributed by atoms with Crippen LogP contribution in [0, 0.1) is 0 Å². The minimum atomic E-state index is -4.72. The van der Waals surface area contributed by atoms with Crippen molar-refractivity contribution in [2.24, 2.45) is 0 Å². The number of benzene rings is 1. The Morgan fingerprint density at radius 2 is 2.00 bits per heavy atom. The average molecular weight is 301 g/mol. The van der Waals surface area contributed by atoms with E-state index in [2.05, 4.69) is 0 Å². The molecule has 110 valence electrons. The molecule has 7 heteroatoms. The lowest BCUT2D eigenvalue weighted by molar-refractivity contribution is -0.117. The largest absolute Gasteiger partial charge is 0.489 e. The third-order valence-corrected chi connectivity index (χ3v) is 4.12. The first-order valence-electron chi connectivity index (χ1n) is 6.28. The molecule has 2 rings (SSSR count). The smallest absolute Gasteiger partial charge is 0.307 e. The van der Waals surface area contributed by atoms with E-state index in [0.717, 1.165) is 0 Å². The summed E-state index contributed by atoms with van der Waals surface area (Å²) in [5, 5.41) is -1.30. The third-order valence-electron chi connectivity index (χ3n) is 3.01. The number of anilines is 1. The van der Waals surface area contributed by atoms with Gasteiger partial charge in [0.05, 0.1) is 11.8 Å². The van der Waals surface area contributed by atoms with E-state index in [4.69, 9.17) is 4.74 Å². The number of amides is 1. The molecule has 0 aromatic heterocycles. The summed E-state index contributed by atoms with van der Waals surface area (Å²) in [5.41, 5.74) is 0.470. The number of halogens is 1. The summed E-state index contributed by atoms with van der Waals surface area (Å²) in [6, 6.07) is 6.82. The van der Waals surface area contributed by atoms with Crippen LogP contribution in [0.3, 0.4) is 0 Å². The van der Waals surface area contributed by atoms with Crippen molar-refractivity contribution in [3.05, 3.63) is 24.3 Å². The summed E-state index contributed by atoms with van der Waals surface area (Å²) in [4.78, 5) is 13.2. The Morgan fingerprint density at radius 3 is 2.55 bits per heavy atom. The van der Waals surface area contributed by atoms with Gasteiger partial charge in [-0.15, -0.1) is 3.89 Å². The molecule has 5 nitrogen and oxygen atoms in total. The Hall–Kier alpha value is -1.63. The van der Waals surface area contributed by atoms with Crippen LogP contribution in [0.15, 0.2) is 24.3 Å². The highest BCUT2D eigenvalue weighted by atomic mass is 32.3. The van der Waals surface area contributed by atoms with Gasteiger partial charge >= 0.3 is 10.2 Å². The lowest BCUT2D eigenvalue weighted by Gasteiger charge is -2.21. The van der Waals surface area contributed by atoms with Gasteiger partial charge in [0.1, 0.15) is 11.0 Å². The third kappa shape index (κ3) is 3.09. The molecule has 1 saturated heterocycles. The van der Waals surface area contributed by atoms with Crippen LogP contribution in [-0.2, 0) is 15.0 Å². The number of nitrogens with zero attached hydrogens (tertiary/aromatic N) is 1. The SMILES string of the molecule is CC(C)Oc1ccccc1N1CC(S(=O)(=O)F)CC1=O. The highest BCUT2D eigenvalue weighted by molar-refractivity contribution is 7.87. The van der Waals surface area contributed by atoms with Crippen LogP contribution in [-0.4, -0.2) is 32.2 Å². The molecule has 1 unspecified atom stereocenters. The summed E-state index contributed by atoms with van der Waals surface area (Å²) in [5.74, 6) is 0.0591. The maximum atomic E-state index is 13.0. The molecule has 1 fully saturated rings. The van der Waals surface area contributed by atoms with Crippen molar-refractivity contribution < 1.29 is 21.8 Å². The van der Waals surface area contributed by atoms with Crippen LogP contribution in [0.5, 0.6) is 5.75 Å². The fraction of sp³-hybridized carbons (Fsp3) is 0.462. The molecule has 1 aliphatic heterocycles. The van der Waals surface area contributed by atoms with Gasteiger partial charge in [-0.05, 0) is 26.0 Å². The van der Waals surface area contributed by atoms with Crippen LogP contribution >= 0.6 is 0 Å². The van der Waals surface area contributed by atoms with Crippen molar-refractivity contribution in [3.63, 3.8) is 0 Å². The van der Waals surface area contributed by atoms with Gasteiger partial charge in [0.15, 0.2) is 0 Å². The number of rotatable bonds is 4. The molecule has 0 aliphatic carbocycles. The van der Waals surface area contributed by atoms with Gasteiger partial charge in [0.25, 0.3) is 0 Å². The molecule has 0 N–H and O–H groups in total. The number of carbonyl (C=O) groups excluding carboxylic acids is 1. The zero-order valence-electron chi connectivity index (χ0n) is 11.2. The van der Waals surface area contributed by atoms with E-state index in [1.165, 1.54) is 4.90 Å². The molecule has 0 spiro atoms. The van der Waals surface area contributed by atoms with Gasteiger partial charge in [-0.2, -0.15) is 8.42 Å². The minimum absolute atomic E-state index is 0.0884. The van der Waals surface area contributed by atoms with Crippen molar-refractivity contribution in [2.75, 3.05) is 11.4 Å². The predicted molar refractivity (Wildman–Crippen MR) is 73.0 cm³/mol. The molecular weight excluding hydrogens is 285 g/mol. The molecule has 1 aliphatic rings. The topological polar surface area (TPSA) is 63.7 Å². The van der Waals surface area contributed by atoms with Crippen LogP contribution in [0.2, 0.25) is 0 Å². The Kier molecular flexibility index (Phi) is 3.99. The van der Waals surface area contributed by atoms with Gasteiger partial charge < -0.3 is 9.64 Å². The summed E-state index contributed by atoms with van der Waals surface area (Å²) in [6.07, 6.45) is -0.427. The van der Waals surface area contributed by atoms with E-state index >= 15 is 0 Å². The molecular formula is C13H16FNO4S. The van der Waals surface area contributed by atoms with E-state index in [0.29, 0.717) is 11.4 Å². The van der Waals surface area contributed by atoms with Crippen LogP contribution in [0.25, 0.3) is 0 Å². The van der Waals surface area contributed by atoms with Gasteiger partial charge in [-0.3, -0.25) is 4.79 Å². The summed E-state index contributed by atoms with van der Waals surface area (Å²) in [7, 11) is -4.72. The van der Waals surface area contributed by atoms with E-state index in [9.17, 15) is 17.1 Å². The Labute approximate surface area is 117 Å². The molecule has 0 radical (unpaired) electrons. The molecule has 0 bridgehead atoms. The van der Waals surface area contributed by atoms with Crippen LogP contribution in [0.1, 0.15) is 20.3 Å². The number of para-hydroxylation sites is 2. The highest BCUT2D eigenvalue weighted by Gasteiger charge is 2.39. The summed E-state index contributed by atoms with van der Waals surface area (Å²) >= 11 is 0. The summed E-state index contributed by atoms with van der Waals surface area (Å²) in [6.45, 7) is 3.50. The Morgan fingerprint density at radius 1 is 1.35 bits per heavy atom. The standard InChI is InChI=1S/C13H16FNO4S/c1-9(2)19-12-6-4-3-5-11(12)15-8-10(7-13(15)16)20(14,17)18/h3-6,9-10H,7-8H2,1-2H3. The lowest BCUT2D eigenvalue weighted by atomic mass is 10.2. The number of hydrogen-bond acceptors (Lipinski definition) is 4. The fourth-order valence-electron chi connectivity index (χ4n) is 2.13. The quantitative estimate of drug-likeness (QED) is 0.797.